The third-order valence-corrected chi connectivity index (χ3v) is 6.57. The van der Waals surface area contributed by atoms with E-state index < -0.39 is 61.4 Å². The Labute approximate surface area is 205 Å². The molecule has 0 fully saturated rings. The summed E-state index contributed by atoms with van der Waals surface area (Å²) in [6.45, 7) is 1.65. The summed E-state index contributed by atoms with van der Waals surface area (Å²) in [7, 11) is 0. The predicted molar refractivity (Wildman–Crippen MR) is 132 cm³/mol. The van der Waals surface area contributed by atoms with Gasteiger partial charge in [0.1, 0.15) is 45.3 Å². The lowest BCUT2D eigenvalue weighted by atomic mass is 9.86. The number of carbonyl (C=O) groups excluding carboxylic acids is 1. The van der Waals surface area contributed by atoms with Crippen molar-refractivity contribution >= 4 is 33.5 Å². The van der Waals surface area contributed by atoms with Crippen LogP contribution in [0.15, 0.2) is 62.5 Å². The summed E-state index contributed by atoms with van der Waals surface area (Å²) in [6, 6.07) is 10.2. The number of rotatable bonds is 0. The van der Waals surface area contributed by atoms with Crippen LogP contribution in [-0.4, -0.2) is 31.3 Å². The number of carbonyl (C=O) groups is 1. The first kappa shape index (κ1) is 22.2. The second kappa shape index (κ2) is 7.34. The standard InChI is InChI=1S/C28H16O9/c1-10-7-11-19(15(31)8-10)26(34)20-12(25(11)33)9-16(32)23(27(20)35)22-14(30)5-6-18-24(22)28(36)21-13(29)3-2-4-17(21)37-18/h2-9,31-33,35-36H,1H3/b23-22+. The van der Waals surface area contributed by atoms with Crippen LogP contribution >= 0.6 is 0 Å². The van der Waals surface area contributed by atoms with Crippen LogP contribution in [0.4, 0.5) is 0 Å². The lowest BCUT2D eigenvalue weighted by Crippen LogP contribution is -2.26. The highest BCUT2D eigenvalue weighted by molar-refractivity contribution is 6.17. The van der Waals surface area contributed by atoms with Crippen LogP contribution in [0.3, 0.4) is 0 Å². The summed E-state index contributed by atoms with van der Waals surface area (Å²) in [4.78, 5) is 39.0. The molecule has 1 aromatic heterocycles. The minimum Gasteiger partial charge on any atom is -0.507 e. The molecular weight excluding hydrogens is 480 g/mol. The van der Waals surface area contributed by atoms with E-state index in [0.717, 1.165) is 12.1 Å². The van der Waals surface area contributed by atoms with E-state index >= 15 is 0 Å². The molecule has 1 aliphatic rings. The molecule has 1 aliphatic carbocycles. The highest BCUT2D eigenvalue weighted by Crippen LogP contribution is 2.37. The first-order chi connectivity index (χ1) is 17.6. The third kappa shape index (κ3) is 2.88. The van der Waals surface area contributed by atoms with E-state index in [1.54, 1.807) is 6.92 Å². The fourth-order valence-corrected chi connectivity index (χ4v) is 4.99. The zero-order valence-electron chi connectivity index (χ0n) is 19.0. The Kier molecular flexibility index (Phi) is 4.40. The molecule has 4 aromatic carbocycles. The predicted octanol–water partition coefficient (Wildman–Crippen LogP) is 2.70. The summed E-state index contributed by atoms with van der Waals surface area (Å²) in [6.07, 6.45) is 0. The maximum Gasteiger partial charge on any atom is 0.201 e. The second-order valence-corrected chi connectivity index (χ2v) is 8.82. The van der Waals surface area contributed by atoms with E-state index in [1.807, 2.05) is 0 Å². The van der Waals surface area contributed by atoms with Crippen molar-refractivity contribution in [3.63, 3.8) is 0 Å². The van der Waals surface area contributed by atoms with Gasteiger partial charge in [-0.2, -0.15) is 0 Å². The molecule has 0 unspecified atom stereocenters. The molecule has 0 bridgehead atoms. The Hall–Kier alpha value is -5.31. The molecule has 182 valence electrons. The van der Waals surface area contributed by atoms with Crippen molar-refractivity contribution in [1.29, 1.82) is 0 Å². The number of phenolic OH excluding ortho intramolecular Hbond substituents is 3. The average molecular weight is 496 g/mol. The van der Waals surface area contributed by atoms with Crippen LogP contribution in [-0.2, 0) is 0 Å². The van der Waals surface area contributed by atoms with Crippen molar-refractivity contribution in [2.24, 2.45) is 0 Å². The molecule has 9 heteroatoms. The maximum absolute atomic E-state index is 13.4. The Morgan fingerprint density at radius 2 is 1.41 bits per heavy atom. The quantitative estimate of drug-likeness (QED) is 0.203. The minimum absolute atomic E-state index is 0.0158. The Balaban J connectivity index is 1.91. The zero-order chi connectivity index (χ0) is 26.3. The topological polar surface area (TPSA) is 165 Å². The first-order valence-corrected chi connectivity index (χ1v) is 11.0. The van der Waals surface area contributed by atoms with E-state index in [2.05, 4.69) is 0 Å². The molecule has 0 saturated carbocycles. The minimum atomic E-state index is -0.864. The lowest BCUT2D eigenvalue weighted by Gasteiger charge is -2.19. The molecule has 6 rings (SSSR count). The van der Waals surface area contributed by atoms with Gasteiger partial charge >= 0.3 is 0 Å². The van der Waals surface area contributed by atoms with E-state index in [1.165, 1.54) is 36.4 Å². The van der Waals surface area contributed by atoms with Gasteiger partial charge in [-0.05, 0) is 55.0 Å². The smallest absolute Gasteiger partial charge is 0.201 e. The second-order valence-electron chi connectivity index (χ2n) is 8.82. The molecule has 0 atom stereocenters. The Morgan fingerprint density at radius 1 is 0.676 bits per heavy atom. The number of benzene rings is 4. The van der Waals surface area contributed by atoms with Crippen LogP contribution in [0.25, 0.3) is 27.7 Å². The number of aliphatic hydroxyl groups is 1. The van der Waals surface area contributed by atoms with Gasteiger partial charge in [0.15, 0.2) is 10.9 Å². The van der Waals surface area contributed by atoms with Gasteiger partial charge in [0.05, 0.1) is 27.0 Å². The normalized spacial score (nSPS) is 13.6. The summed E-state index contributed by atoms with van der Waals surface area (Å²) in [5.41, 5.74) is -1.47. The molecule has 0 aliphatic heterocycles. The SMILES string of the molecule is Cc1cc(O)c2c(c1)C(O)=c1cc(O)/c(=c3/c(=O)ccc4oc5cccc(=O)c5c(O)c34)c(O)c1C2=O. The number of aliphatic hydroxyl groups excluding tert-OH is 1. The number of fused-ring (bicyclic) bond motifs is 4. The summed E-state index contributed by atoms with van der Waals surface area (Å²) in [5, 5.41) is 53.0. The van der Waals surface area contributed by atoms with Crippen LogP contribution in [0.2, 0.25) is 0 Å². The highest BCUT2D eigenvalue weighted by Gasteiger charge is 2.31. The van der Waals surface area contributed by atoms with Gasteiger partial charge in [0, 0.05) is 10.8 Å². The first-order valence-electron chi connectivity index (χ1n) is 11.0. The van der Waals surface area contributed by atoms with Crippen molar-refractivity contribution < 1.29 is 34.7 Å². The van der Waals surface area contributed by atoms with Gasteiger partial charge in [-0.25, -0.2) is 0 Å². The van der Waals surface area contributed by atoms with Crippen molar-refractivity contribution in [3.05, 3.63) is 107 Å². The van der Waals surface area contributed by atoms with Gasteiger partial charge in [0.25, 0.3) is 0 Å². The van der Waals surface area contributed by atoms with Crippen molar-refractivity contribution in [1.82, 2.24) is 0 Å². The van der Waals surface area contributed by atoms with Gasteiger partial charge < -0.3 is 29.9 Å². The van der Waals surface area contributed by atoms with Gasteiger partial charge in [-0.1, -0.05) is 6.07 Å². The highest BCUT2D eigenvalue weighted by atomic mass is 16.3. The molecule has 0 spiro atoms. The molecule has 5 aromatic rings. The largest absolute Gasteiger partial charge is 0.507 e. The average Bonchev–Trinajstić information content (AvgIpc) is 2.83. The molecule has 5 N–H and O–H groups in total. The van der Waals surface area contributed by atoms with Crippen molar-refractivity contribution in [3.8, 4) is 23.0 Å². The van der Waals surface area contributed by atoms with E-state index in [4.69, 9.17) is 4.42 Å². The molecule has 37 heavy (non-hydrogen) atoms. The summed E-state index contributed by atoms with van der Waals surface area (Å²) < 4.78 is 5.72. The monoisotopic (exact) mass is 496 g/mol. The van der Waals surface area contributed by atoms with Crippen LogP contribution in [0.5, 0.6) is 23.0 Å². The molecule has 0 radical (unpaired) electrons. The molecule has 1 heterocycles. The van der Waals surface area contributed by atoms with Crippen LogP contribution in [0, 0.1) is 17.4 Å². The van der Waals surface area contributed by atoms with Crippen molar-refractivity contribution in [2.75, 3.05) is 0 Å². The number of phenols is 3. The van der Waals surface area contributed by atoms with Gasteiger partial charge in [0.2, 0.25) is 5.78 Å². The van der Waals surface area contributed by atoms with Crippen molar-refractivity contribution in [2.45, 2.75) is 6.92 Å². The molecule has 0 saturated heterocycles. The fourth-order valence-electron chi connectivity index (χ4n) is 4.99. The molecule has 9 nitrogen and oxygen atoms in total. The third-order valence-electron chi connectivity index (χ3n) is 6.57. The van der Waals surface area contributed by atoms with Gasteiger partial charge in [-0.15, -0.1) is 0 Å². The summed E-state index contributed by atoms with van der Waals surface area (Å²) in [5.74, 6) is -3.90. The number of hydrogen-bond acceptors (Lipinski definition) is 9. The lowest BCUT2D eigenvalue weighted by molar-refractivity contribution is 0.103. The zero-order valence-corrected chi connectivity index (χ0v) is 19.0. The summed E-state index contributed by atoms with van der Waals surface area (Å²) >= 11 is 0. The van der Waals surface area contributed by atoms with E-state index in [0.29, 0.717) is 5.56 Å². The number of aromatic hydroxyl groups is 4. The molecule has 0 amide bonds. The number of ketones is 1. The Bertz CT molecular complexity index is 2160. The van der Waals surface area contributed by atoms with Crippen LogP contribution < -0.4 is 16.1 Å². The van der Waals surface area contributed by atoms with E-state index in [-0.39, 0.29) is 38.3 Å². The number of aryl methyl sites for hydroxylation is 1. The molecular formula is C28H16O9. The van der Waals surface area contributed by atoms with E-state index in [9.17, 15) is 39.9 Å². The fraction of sp³-hybridized carbons (Fsp3) is 0.0357. The number of hydrogen-bond donors (Lipinski definition) is 5. The Morgan fingerprint density at radius 3 is 2.16 bits per heavy atom. The maximum atomic E-state index is 13.4. The van der Waals surface area contributed by atoms with Crippen LogP contribution in [0.1, 0.15) is 27.0 Å². The van der Waals surface area contributed by atoms with Gasteiger partial charge in [-0.3, -0.25) is 14.4 Å².